The van der Waals surface area contributed by atoms with Gasteiger partial charge in [-0.2, -0.15) is 5.26 Å². The Morgan fingerprint density at radius 2 is 2.29 bits per heavy atom. The zero-order valence-corrected chi connectivity index (χ0v) is 12.2. The van der Waals surface area contributed by atoms with Crippen LogP contribution in [0.4, 0.5) is 0 Å². The van der Waals surface area contributed by atoms with Gasteiger partial charge in [-0.1, -0.05) is 13.0 Å². The van der Waals surface area contributed by atoms with Crippen molar-refractivity contribution in [3.63, 3.8) is 0 Å². The Balaban J connectivity index is 2.23. The van der Waals surface area contributed by atoms with Crippen LogP contribution in [0.5, 0.6) is 0 Å². The highest BCUT2D eigenvalue weighted by Gasteiger charge is 2.36. The van der Waals surface area contributed by atoms with E-state index in [0.29, 0.717) is 25.1 Å². The number of ketones is 1. The summed E-state index contributed by atoms with van der Waals surface area (Å²) in [5, 5.41) is 9.35. The van der Waals surface area contributed by atoms with Crippen molar-refractivity contribution >= 4 is 11.7 Å². The monoisotopic (exact) mass is 285 g/mol. The molecule has 5 heteroatoms. The number of pyridine rings is 1. The Morgan fingerprint density at radius 1 is 1.48 bits per heavy atom. The maximum atomic E-state index is 12.7. The van der Waals surface area contributed by atoms with Crippen LogP contribution in [-0.4, -0.2) is 34.2 Å². The molecule has 21 heavy (non-hydrogen) atoms. The highest BCUT2D eigenvalue weighted by molar-refractivity contribution is 5.95. The highest BCUT2D eigenvalue weighted by Crippen LogP contribution is 2.25. The van der Waals surface area contributed by atoms with E-state index in [1.165, 1.54) is 0 Å². The van der Waals surface area contributed by atoms with E-state index in [0.717, 1.165) is 12.8 Å². The quantitative estimate of drug-likeness (QED) is 0.848. The van der Waals surface area contributed by atoms with Gasteiger partial charge in [0, 0.05) is 19.2 Å². The Hall–Kier alpha value is -2.22. The Bertz CT molecular complexity index is 550. The van der Waals surface area contributed by atoms with Crippen molar-refractivity contribution < 1.29 is 9.59 Å². The standard InChI is InChI=1S/C16H19N3O2/c1-2-15(20)19-10-6-4-8-14(19)16(21)12(11-17)13-7-3-5-9-18-13/h3,5,7,9,12,14H,2,4,6,8,10H2,1H3/t12-,14+/m0/s1. The number of amides is 1. The fraction of sp³-hybridized carbons (Fsp3) is 0.500. The molecule has 2 atom stereocenters. The van der Waals surface area contributed by atoms with Crippen molar-refractivity contribution in [3.8, 4) is 6.07 Å². The number of carbonyl (C=O) groups is 2. The zero-order chi connectivity index (χ0) is 15.2. The number of Topliss-reactive ketones (excluding diaryl/α,β-unsaturated/α-hetero) is 1. The number of hydrogen-bond acceptors (Lipinski definition) is 4. The van der Waals surface area contributed by atoms with Crippen molar-refractivity contribution in [2.24, 2.45) is 0 Å². The molecule has 0 unspecified atom stereocenters. The number of carbonyl (C=O) groups excluding carboxylic acids is 2. The molecule has 2 rings (SSSR count). The smallest absolute Gasteiger partial charge is 0.222 e. The lowest BCUT2D eigenvalue weighted by Crippen LogP contribution is -2.49. The van der Waals surface area contributed by atoms with Crippen LogP contribution in [0, 0.1) is 11.3 Å². The van der Waals surface area contributed by atoms with Crippen LogP contribution in [0.3, 0.4) is 0 Å². The summed E-state index contributed by atoms with van der Waals surface area (Å²) in [4.78, 5) is 30.5. The fourth-order valence-corrected chi connectivity index (χ4v) is 2.74. The summed E-state index contributed by atoms with van der Waals surface area (Å²) in [6.45, 7) is 2.39. The molecule has 0 bridgehead atoms. The van der Waals surface area contributed by atoms with Crippen LogP contribution in [0.1, 0.15) is 44.2 Å². The average Bonchev–Trinajstić information content (AvgIpc) is 2.55. The molecule has 1 amide bonds. The van der Waals surface area contributed by atoms with E-state index in [-0.39, 0.29) is 11.7 Å². The predicted octanol–water partition coefficient (Wildman–Crippen LogP) is 2.05. The number of likely N-dealkylation sites (tertiary alicyclic amines) is 1. The van der Waals surface area contributed by atoms with Gasteiger partial charge in [-0.15, -0.1) is 0 Å². The first kappa shape index (κ1) is 15.2. The van der Waals surface area contributed by atoms with E-state index < -0.39 is 12.0 Å². The minimum atomic E-state index is -0.901. The normalized spacial score (nSPS) is 19.6. The molecular formula is C16H19N3O2. The Labute approximate surface area is 124 Å². The summed E-state index contributed by atoms with van der Waals surface area (Å²) in [6.07, 6.45) is 4.41. The number of aromatic nitrogens is 1. The second-order valence-corrected chi connectivity index (χ2v) is 5.17. The van der Waals surface area contributed by atoms with Gasteiger partial charge in [-0.25, -0.2) is 0 Å². The van der Waals surface area contributed by atoms with Crippen LogP contribution in [0.2, 0.25) is 0 Å². The van der Waals surface area contributed by atoms with Gasteiger partial charge < -0.3 is 4.90 Å². The van der Waals surface area contributed by atoms with Crippen molar-refractivity contribution in [2.75, 3.05) is 6.54 Å². The number of nitrogens with zero attached hydrogens (tertiary/aromatic N) is 3. The summed E-state index contributed by atoms with van der Waals surface area (Å²) in [5.74, 6) is -1.13. The Morgan fingerprint density at radius 3 is 2.90 bits per heavy atom. The van der Waals surface area contributed by atoms with E-state index in [2.05, 4.69) is 4.98 Å². The van der Waals surface area contributed by atoms with Crippen molar-refractivity contribution in [3.05, 3.63) is 30.1 Å². The third-order valence-electron chi connectivity index (χ3n) is 3.85. The van der Waals surface area contributed by atoms with Gasteiger partial charge in [0.1, 0.15) is 5.92 Å². The van der Waals surface area contributed by atoms with Crippen LogP contribution in [0.25, 0.3) is 0 Å². The fourth-order valence-electron chi connectivity index (χ4n) is 2.74. The third kappa shape index (κ3) is 3.27. The second-order valence-electron chi connectivity index (χ2n) is 5.17. The van der Waals surface area contributed by atoms with E-state index >= 15 is 0 Å². The number of nitriles is 1. The van der Waals surface area contributed by atoms with Crippen LogP contribution in [0.15, 0.2) is 24.4 Å². The summed E-state index contributed by atoms with van der Waals surface area (Å²) in [6, 6.07) is 6.74. The molecule has 1 saturated heterocycles. The van der Waals surface area contributed by atoms with Crippen molar-refractivity contribution in [2.45, 2.75) is 44.6 Å². The summed E-state index contributed by atoms with van der Waals surface area (Å²) in [5.41, 5.74) is 0.458. The molecule has 0 N–H and O–H groups in total. The molecule has 110 valence electrons. The molecule has 0 radical (unpaired) electrons. The molecule has 1 aromatic rings. The van der Waals surface area contributed by atoms with Crippen LogP contribution < -0.4 is 0 Å². The molecule has 1 fully saturated rings. The highest BCUT2D eigenvalue weighted by atomic mass is 16.2. The lowest BCUT2D eigenvalue weighted by molar-refractivity contribution is -0.141. The third-order valence-corrected chi connectivity index (χ3v) is 3.85. The first-order valence-electron chi connectivity index (χ1n) is 7.32. The van der Waals surface area contributed by atoms with Gasteiger partial charge in [-0.05, 0) is 31.4 Å². The summed E-state index contributed by atoms with van der Waals surface area (Å²) in [7, 11) is 0. The van der Waals surface area contributed by atoms with E-state index in [1.54, 1.807) is 36.2 Å². The summed E-state index contributed by atoms with van der Waals surface area (Å²) < 4.78 is 0. The minimum absolute atomic E-state index is 0.0224. The molecule has 0 spiro atoms. The van der Waals surface area contributed by atoms with Gasteiger partial charge in [0.2, 0.25) is 5.91 Å². The van der Waals surface area contributed by atoms with Gasteiger partial charge >= 0.3 is 0 Å². The van der Waals surface area contributed by atoms with Gasteiger partial charge in [0.25, 0.3) is 0 Å². The SMILES string of the molecule is CCC(=O)N1CCCC[C@@H]1C(=O)[C@@H](C#N)c1ccccn1. The molecule has 1 aliphatic rings. The van der Waals surface area contributed by atoms with Crippen molar-refractivity contribution in [1.82, 2.24) is 9.88 Å². The second kappa shape index (κ2) is 6.98. The summed E-state index contributed by atoms with van der Waals surface area (Å²) >= 11 is 0. The maximum Gasteiger partial charge on any atom is 0.222 e. The minimum Gasteiger partial charge on any atom is -0.333 e. The molecule has 0 aliphatic carbocycles. The lowest BCUT2D eigenvalue weighted by Gasteiger charge is -2.35. The number of hydrogen-bond donors (Lipinski definition) is 0. The average molecular weight is 285 g/mol. The lowest BCUT2D eigenvalue weighted by atomic mass is 9.89. The molecule has 0 aromatic carbocycles. The molecule has 1 aliphatic heterocycles. The van der Waals surface area contributed by atoms with Crippen LogP contribution >= 0.6 is 0 Å². The Kier molecular flexibility index (Phi) is 5.04. The number of rotatable bonds is 4. The first-order valence-corrected chi connectivity index (χ1v) is 7.32. The van der Waals surface area contributed by atoms with Gasteiger partial charge in [0.05, 0.1) is 17.8 Å². The molecular weight excluding hydrogens is 266 g/mol. The molecule has 0 saturated carbocycles. The largest absolute Gasteiger partial charge is 0.333 e. The maximum absolute atomic E-state index is 12.7. The molecule has 2 heterocycles. The van der Waals surface area contributed by atoms with E-state index in [9.17, 15) is 14.9 Å². The van der Waals surface area contributed by atoms with E-state index in [1.807, 2.05) is 6.07 Å². The van der Waals surface area contributed by atoms with Gasteiger partial charge in [-0.3, -0.25) is 14.6 Å². The predicted molar refractivity (Wildman–Crippen MR) is 77.2 cm³/mol. The molecule has 1 aromatic heterocycles. The topological polar surface area (TPSA) is 74.1 Å². The van der Waals surface area contributed by atoms with Gasteiger partial charge in [0.15, 0.2) is 5.78 Å². The first-order chi connectivity index (χ1) is 10.2. The molecule has 5 nitrogen and oxygen atoms in total. The number of piperidine rings is 1. The zero-order valence-electron chi connectivity index (χ0n) is 12.2. The van der Waals surface area contributed by atoms with E-state index in [4.69, 9.17) is 0 Å². The van der Waals surface area contributed by atoms with Crippen molar-refractivity contribution in [1.29, 1.82) is 5.26 Å². The van der Waals surface area contributed by atoms with Crippen LogP contribution in [-0.2, 0) is 9.59 Å².